The van der Waals surface area contributed by atoms with Gasteiger partial charge >= 0.3 is 5.97 Å². The van der Waals surface area contributed by atoms with Crippen molar-refractivity contribution >= 4 is 5.97 Å². The summed E-state index contributed by atoms with van der Waals surface area (Å²) in [6.07, 6.45) is 4.51. The summed E-state index contributed by atoms with van der Waals surface area (Å²) in [5.74, 6) is -0.849. The van der Waals surface area contributed by atoms with Gasteiger partial charge in [-0.05, 0) is 37.8 Å². The molecule has 1 N–H and O–H groups in total. The molecule has 0 aromatic carbocycles. The van der Waals surface area contributed by atoms with Gasteiger partial charge in [0.05, 0.1) is 5.92 Å². The third-order valence-electron chi connectivity index (χ3n) is 3.14. The van der Waals surface area contributed by atoms with Crippen molar-refractivity contribution in [1.29, 1.82) is 0 Å². The SMILES string of the molecule is CC(C)(C)CC(CN1CCCCC1)C(=O)O. The van der Waals surface area contributed by atoms with E-state index in [-0.39, 0.29) is 11.3 Å². The van der Waals surface area contributed by atoms with Crippen LogP contribution >= 0.6 is 0 Å². The highest BCUT2D eigenvalue weighted by Gasteiger charge is 2.26. The van der Waals surface area contributed by atoms with E-state index in [2.05, 4.69) is 25.7 Å². The number of carbonyl (C=O) groups is 1. The molecule has 1 rings (SSSR count). The maximum absolute atomic E-state index is 11.2. The van der Waals surface area contributed by atoms with Gasteiger partial charge in [0.1, 0.15) is 0 Å². The molecular weight excluding hydrogens is 202 g/mol. The van der Waals surface area contributed by atoms with Gasteiger partial charge in [0.15, 0.2) is 0 Å². The van der Waals surface area contributed by atoms with Crippen molar-refractivity contribution in [1.82, 2.24) is 4.90 Å². The molecule has 1 aliphatic rings. The van der Waals surface area contributed by atoms with Crippen LogP contribution in [0.5, 0.6) is 0 Å². The van der Waals surface area contributed by atoms with Crippen LogP contribution in [-0.4, -0.2) is 35.6 Å². The fourth-order valence-corrected chi connectivity index (χ4v) is 2.42. The number of carboxylic acid groups (broad SMARTS) is 1. The molecule has 16 heavy (non-hydrogen) atoms. The highest BCUT2D eigenvalue weighted by atomic mass is 16.4. The van der Waals surface area contributed by atoms with Gasteiger partial charge < -0.3 is 10.0 Å². The number of nitrogens with zero attached hydrogens (tertiary/aromatic N) is 1. The first kappa shape index (κ1) is 13.5. The van der Waals surface area contributed by atoms with Crippen LogP contribution in [0.1, 0.15) is 46.5 Å². The van der Waals surface area contributed by atoms with Gasteiger partial charge in [0.2, 0.25) is 0 Å². The Kier molecular flexibility index (Phi) is 4.78. The molecule has 0 aromatic heterocycles. The molecule has 0 spiro atoms. The molecule has 0 saturated carbocycles. The third kappa shape index (κ3) is 4.97. The molecule has 0 aromatic rings. The van der Waals surface area contributed by atoms with Crippen LogP contribution in [0.4, 0.5) is 0 Å². The van der Waals surface area contributed by atoms with Crippen LogP contribution in [-0.2, 0) is 4.79 Å². The zero-order valence-electron chi connectivity index (χ0n) is 10.8. The van der Waals surface area contributed by atoms with Crippen molar-refractivity contribution in [3.63, 3.8) is 0 Å². The van der Waals surface area contributed by atoms with Crippen LogP contribution < -0.4 is 0 Å². The number of hydrogen-bond donors (Lipinski definition) is 1. The van der Waals surface area contributed by atoms with Crippen molar-refractivity contribution in [2.75, 3.05) is 19.6 Å². The monoisotopic (exact) mass is 227 g/mol. The molecule has 1 fully saturated rings. The standard InChI is InChI=1S/C13H25NO2/c1-13(2,3)9-11(12(15)16)10-14-7-5-4-6-8-14/h11H,4-10H2,1-3H3,(H,15,16). The number of rotatable bonds is 4. The molecule has 1 unspecified atom stereocenters. The van der Waals surface area contributed by atoms with Crippen LogP contribution in [0.15, 0.2) is 0 Å². The van der Waals surface area contributed by atoms with Crippen molar-refractivity contribution in [3.8, 4) is 0 Å². The molecule has 1 atom stereocenters. The van der Waals surface area contributed by atoms with E-state index in [1.807, 2.05) is 0 Å². The lowest BCUT2D eigenvalue weighted by Crippen LogP contribution is -2.38. The van der Waals surface area contributed by atoms with E-state index in [1.165, 1.54) is 19.3 Å². The largest absolute Gasteiger partial charge is 0.481 e. The Labute approximate surface area is 98.8 Å². The predicted octanol–water partition coefficient (Wildman–Crippen LogP) is 2.61. The lowest BCUT2D eigenvalue weighted by atomic mass is 9.84. The first-order chi connectivity index (χ1) is 7.38. The molecule has 1 heterocycles. The Morgan fingerprint density at radius 3 is 2.25 bits per heavy atom. The topological polar surface area (TPSA) is 40.5 Å². The van der Waals surface area contributed by atoms with E-state index in [4.69, 9.17) is 0 Å². The van der Waals surface area contributed by atoms with Gasteiger partial charge in [0.25, 0.3) is 0 Å². The molecule has 0 bridgehead atoms. The molecule has 0 aliphatic carbocycles. The average molecular weight is 227 g/mol. The lowest BCUT2D eigenvalue weighted by Gasteiger charge is -2.31. The average Bonchev–Trinajstić information content (AvgIpc) is 2.16. The number of likely N-dealkylation sites (tertiary alicyclic amines) is 1. The van der Waals surface area contributed by atoms with Gasteiger partial charge in [-0.3, -0.25) is 4.79 Å². The van der Waals surface area contributed by atoms with E-state index in [0.29, 0.717) is 0 Å². The van der Waals surface area contributed by atoms with Gasteiger partial charge in [-0.1, -0.05) is 27.2 Å². The zero-order chi connectivity index (χ0) is 12.2. The first-order valence-electron chi connectivity index (χ1n) is 6.34. The Balaban J connectivity index is 2.47. The fourth-order valence-electron chi connectivity index (χ4n) is 2.42. The molecule has 3 nitrogen and oxygen atoms in total. The number of piperidine rings is 1. The number of hydrogen-bond acceptors (Lipinski definition) is 2. The summed E-state index contributed by atoms with van der Waals surface area (Å²) in [6, 6.07) is 0. The normalized spacial score (nSPS) is 20.7. The summed E-state index contributed by atoms with van der Waals surface area (Å²) in [5, 5.41) is 9.24. The molecule has 0 radical (unpaired) electrons. The summed E-state index contributed by atoms with van der Waals surface area (Å²) >= 11 is 0. The Morgan fingerprint density at radius 1 is 1.25 bits per heavy atom. The fraction of sp³-hybridized carbons (Fsp3) is 0.923. The quantitative estimate of drug-likeness (QED) is 0.802. The van der Waals surface area contributed by atoms with E-state index in [0.717, 1.165) is 26.1 Å². The van der Waals surface area contributed by atoms with Crippen LogP contribution in [0.25, 0.3) is 0 Å². The lowest BCUT2D eigenvalue weighted by molar-refractivity contribution is -0.143. The second-order valence-electron chi connectivity index (χ2n) is 6.16. The summed E-state index contributed by atoms with van der Waals surface area (Å²) < 4.78 is 0. The van der Waals surface area contributed by atoms with E-state index in [9.17, 15) is 9.90 Å². The van der Waals surface area contributed by atoms with Crippen LogP contribution in [0.2, 0.25) is 0 Å². The predicted molar refractivity (Wildman–Crippen MR) is 65.5 cm³/mol. The smallest absolute Gasteiger partial charge is 0.307 e. The van der Waals surface area contributed by atoms with Gasteiger partial charge in [-0.15, -0.1) is 0 Å². The summed E-state index contributed by atoms with van der Waals surface area (Å²) in [7, 11) is 0. The molecule has 3 heteroatoms. The van der Waals surface area contributed by atoms with Gasteiger partial charge in [-0.25, -0.2) is 0 Å². The minimum Gasteiger partial charge on any atom is -0.481 e. The second-order valence-corrected chi connectivity index (χ2v) is 6.16. The molecule has 0 amide bonds. The maximum Gasteiger partial charge on any atom is 0.307 e. The maximum atomic E-state index is 11.2. The summed E-state index contributed by atoms with van der Waals surface area (Å²) in [4.78, 5) is 13.5. The Bertz CT molecular complexity index is 227. The van der Waals surface area contributed by atoms with Gasteiger partial charge in [-0.2, -0.15) is 0 Å². The highest BCUT2D eigenvalue weighted by Crippen LogP contribution is 2.26. The summed E-state index contributed by atoms with van der Waals surface area (Å²) in [5.41, 5.74) is 0.0961. The van der Waals surface area contributed by atoms with Crippen LogP contribution in [0, 0.1) is 11.3 Å². The summed E-state index contributed by atoms with van der Waals surface area (Å²) in [6.45, 7) is 9.21. The van der Waals surface area contributed by atoms with E-state index in [1.54, 1.807) is 0 Å². The third-order valence-corrected chi connectivity index (χ3v) is 3.14. The van der Waals surface area contributed by atoms with Crippen molar-refractivity contribution in [2.24, 2.45) is 11.3 Å². The molecule has 1 aliphatic heterocycles. The molecule has 94 valence electrons. The zero-order valence-corrected chi connectivity index (χ0v) is 10.8. The van der Waals surface area contributed by atoms with Gasteiger partial charge in [0, 0.05) is 6.54 Å². The highest BCUT2D eigenvalue weighted by molar-refractivity contribution is 5.70. The van der Waals surface area contributed by atoms with Crippen LogP contribution in [0.3, 0.4) is 0 Å². The number of aliphatic carboxylic acids is 1. The Hall–Kier alpha value is -0.570. The first-order valence-corrected chi connectivity index (χ1v) is 6.34. The van der Waals surface area contributed by atoms with Crippen molar-refractivity contribution in [3.05, 3.63) is 0 Å². The van der Waals surface area contributed by atoms with E-state index < -0.39 is 5.97 Å². The van der Waals surface area contributed by atoms with Crippen molar-refractivity contribution in [2.45, 2.75) is 46.5 Å². The van der Waals surface area contributed by atoms with Crippen molar-refractivity contribution < 1.29 is 9.90 Å². The Morgan fingerprint density at radius 2 is 1.81 bits per heavy atom. The minimum atomic E-state index is -0.638. The molecular formula is C13H25NO2. The minimum absolute atomic E-state index is 0.0961. The van der Waals surface area contributed by atoms with E-state index >= 15 is 0 Å². The molecule has 1 saturated heterocycles. The number of carboxylic acids is 1. The second kappa shape index (κ2) is 5.67.